The number of rotatable bonds is 3. The van der Waals surface area contributed by atoms with E-state index in [1.165, 1.54) is 11.1 Å². The Bertz CT molecular complexity index is 537. The van der Waals surface area contributed by atoms with Gasteiger partial charge in [0.15, 0.2) is 0 Å². The van der Waals surface area contributed by atoms with Gasteiger partial charge in [-0.15, -0.1) is 0 Å². The molecule has 2 rings (SSSR count). The molecule has 4 heteroatoms. The zero-order chi connectivity index (χ0) is 13.1. The molecule has 0 N–H and O–H groups in total. The largest absolute Gasteiger partial charge is 0.496 e. The predicted octanol–water partition coefficient (Wildman–Crippen LogP) is 5.70. The Kier molecular flexibility index (Phi) is 4.87. The highest BCUT2D eigenvalue weighted by Gasteiger charge is 2.12. The summed E-state index contributed by atoms with van der Waals surface area (Å²) in [6, 6.07) is 14.4. The Labute approximate surface area is 132 Å². The van der Waals surface area contributed by atoms with Crippen LogP contribution < -0.4 is 4.74 Å². The fraction of sp³-hybridized carbons (Fsp3) is 0.143. The number of alkyl halides is 1. The molecule has 1 nitrogen and oxygen atoms in total. The number of ether oxygens (including phenoxy) is 1. The van der Waals surface area contributed by atoms with Gasteiger partial charge in [-0.3, -0.25) is 0 Å². The minimum atomic E-state index is 0.174. The Morgan fingerprint density at radius 3 is 2.11 bits per heavy atom. The lowest BCUT2D eigenvalue weighted by Crippen LogP contribution is -1.93. The van der Waals surface area contributed by atoms with Crippen LogP contribution in [-0.4, -0.2) is 7.11 Å². The second kappa shape index (κ2) is 6.22. The van der Waals surface area contributed by atoms with Crippen LogP contribution in [0.3, 0.4) is 0 Å². The molecule has 0 amide bonds. The van der Waals surface area contributed by atoms with Gasteiger partial charge >= 0.3 is 0 Å². The summed E-state index contributed by atoms with van der Waals surface area (Å²) in [5, 5.41) is 0. The summed E-state index contributed by atoms with van der Waals surface area (Å²) in [6.07, 6.45) is 0. The average molecular weight is 435 g/mol. The van der Waals surface area contributed by atoms with Crippen molar-refractivity contribution in [3.05, 3.63) is 62.5 Å². The summed E-state index contributed by atoms with van der Waals surface area (Å²) in [5.41, 5.74) is 2.40. The second-order valence-corrected chi connectivity index (χ2v) is 6.49. The molecule has 0 fully saturated rings. The van der Waals surface area contributed by atoms with Crippen molar-refractivity contribution in [1.29, 1.82) is 0 Å². The van der Waals surface area contributed by atoms with Crippen LogP contribution in [-0.2, 0) is 0 Å². The topological polar surface area (TPSA) is 9.23 Å². The first-order chi connectivity index (χ1) is 8.61. The molecule has 0 spiro atoms. The van der Waals surface area contributed by atoms with Crippen molar-refractivity contribution in [3.63, 3.8) is 0 Å². The van der Waals surface area contributed by atoms with Gasteiger partial charge in [0.1, 0.15) is 5.75 Å². The van der Waals surface area contributed by atoms with E-state index in [4.69, 9.17) is 4.74 Å². The predicted molar refractivity (Wildman–Crippen MR) is 85.6 cm³/mol. The van der Waals surface area contributed by atoms with E-state index < -0.39 is 0 Å². The van der Waals surface area contributed by atoms with E-state index in [0.717, 1.165) is 14.7 Å². The fourth-order valence-electron chi connectivity index (χ4n) is 1.66. The third-order valence-electron chi connectivity index (χ3n) is 2.63. The second-order valence-electron chi connectivity index (χ2n) is 3.81. The molecule has 0 aliphatic heterocycles. The molecule has 1 atom stereocenters. The van der Waals surface area contributed by atoms with Crippen LogP contribution in [0.15, 0.2) is 51.4 Å². The highest BCUT2D eigenvalue weighted by molar-refractivity contribution is 9.11. The van der Waals surface area contributed by atoms with E-state index in [1.54, 1.807) is 7.11 Å². The molecule has 1 unspecified atom stereocenters. The summed E-state index contributed by atoms with van der Waals surface area (Å²) in [5.74, 6) is 0.842. The lowest BCUT2D eigenvalue weighted by Gasteiger charge is -2.12. The van der Waals surface area contributed by atoms with Crippen molar-refractivity contribution in [3.8, 4) is 5.75 Å². The van der Waals surface area contributed by atoms with Crippen molar-refractivity contribution in [2.75, 3.05) is 7.11 Å². The maximum Gasteiger partial charge on any atom is 0.133 e. The zero-order valence-electron chi connectivity index (χ0n) is 9.66. The maximum atomic E-state index is 5.23. The van der Waals surface area contributed by atoms with Crippen LogP contribution in [0.2, 0.25) is 0 Å². The summed E-state index contributed by atoms with van der Waals surface area (Å²) in [6.45, 7) is 0. The van der Waals surface area contributed by atoms with E-state index in [2.05, 4.69) is 72.1 Å². The van der Waals surface area contributed by atoms with Crippen LogP contribution in [0.25, 0.3) is 0 Å². The van der Waals surface area contributed by atoms with Crippen LogP contribution >= 0.6 is 47.8 Å². The average Bonchev–Trinajstić information content (AvgIpc) is 2.38. The first-order valence-corrected chi connectivity index (χ1v) is 7.85. The number of benzene rings is 2. The molecule has 2 aromatic rings. The summed E-state index contributed by atoms with van der Waals surface area (Å²) in [4.78, 5) is 0.174. The van der Waals surface area contributed by atoms with Gasteiger partial charge < -0.3 is 4.74 Å². The Hall–Kier alpha value is -0.320. The molecule has 18 heavy (non-hydrogen) atoms. The lowest BCUT2D eigenvalue weighted by atomic mass is 10.0. The van der Waals surface area contributed by atoms with Gasteiger partial charge in [0, 0.05) is 4.47 Å². The first kappa shape index (κ1) is 14.1. The van der Waals surface area contributed by atoms with E-state index in [1.807, 2.05) is 18.2 Å². The normalized spacial score (nSPS) is 12.2. The highest BCUT2D eigenvalue weighted by Crippen LogP contribution is 2.35. The Balaban J connectivity index is 2.31. The standard InChI is InChI=1S/C14H11Br3O/c1-18-13-7-4-10(8-12(13)16)14(17)9-2-5-11(15)6-3-9/h2-8,14H,1H3. The molecule has 0 heterocycles. The molecular formula is C14H11Br3O. The van der Waals surface area contributed by atoms with Crippen LogP contribution in [0, 0.1) is 0 Å². The number of hydrogen-bond donors (Lipinski definition) is 0. The van der Waals surface area contributed by atoms with Gasteiger partial charge in [0.05, 0.1) is 16.4 Å². The summed E-state index contributed by atoms with van der Waals surface area (Å²) < 4.78 is 7.28. The van der Waals surface area contributed by atoms with E-state index in [9.17, 15) is 0 Å². The molecule has 0 saturated carbocycles. The van der Waals surface area contributed by atoms with Gasteiger partial charge in [0.25, 0.3) is 0 Å². The Morgan fingerprint density at radius 2 is 1.56 bits per heavy atom. The monoisotopic (exact) mass is 432 g/mol. The van der Waals surface area contributed by atoms with E-state index >= 15 is 0 Å². The SMILES string of the molecule is COc1ccc(C(Br)c2ccc(Br)cc2)cc1Br. The van der Waals surface area contributed by atoms with Crippen molar-refractivity contribution < 1.29 is 4.74 Å². The third kappa shape index (κ3) is 3.16. The molecule has 0 aromatic heterocycles. The van der Waals surface area contributed by atoms with Gasteiger partial charge in [-0.05, 0) is 51.3 Å². The number of methoxy groups -OCH3 is 1. The van der Waals surface area contributed by atoms with E-state index in [-0.39, 0.29) is 4.83 Å². The molecule has 0 bridgehead atoms. The summed E-state index contributed by atoms with van der Waals surface area (Å²) in [7, 11) is 1.67. The third-order valence-corrected chi connectivity index (χ3v) is 4.84. The zero-order valence-corrected chi connectivity index (χ0v) is 14.4. The fourth-order valence-corrected chi connectivity index (χ4v) is 3.08. The lowest BCUT2D eigenvalue weighted by molar-refractivity contribution is 0.412. The minimum Gasteiger partial charge on any atom is -0.496 e. The number of hydrogen-bond acceptors (Lipinski definition) is 1. The molecule has 0 aliphatic rings. The molecule has 2 aromatic carbocycles. The highest BCUT2D eigenvalue weighted by atomic mass is 79.9. The minimum absolute atomic E-state index is 0.174. The van der Waals surface area contributed by atoms with Crippen LogP contribution in [0.5, 0.6) is 5.75 Å². The number of halogens is 3. The van der Waals surface area contributed by atoms with E-state index in [0.29, 0.717) is 0 Å². The van der Waals surface area contributed by atoms with Crippen molar-refractivity contribution in [2.45, 2.75) is 4.83 Å². The Morgan fingerprint density at radius 1 is 0.944 bits per heavy atom. The van der Waals surface area contributed by atoms with Gasteiger partial charge in [-0.1, -0.05) is 50.1 Å². The quantitative estimate of drug-likeness (QED) is 0.562. The van der Waals surface area contributed by atoms with Gasteiger partial charge in [-0.2, -0.15) is 0 Å². The maximum absolute atomic E-state index is 5.23. The smallest absolute Gasteiger partial charge is 0.133 e. The molecule has 0 saturated heterocycles. The molecule has 0 radical (unpaired) electrons. The van der Waals surface area contributed by atoms with Crippen LogP contribution in [0.1, 0.15) is 16.0 Å². The molecule has 94 valence electrons. The van der Waals surface area contributed by atoms with Crippen molar-refractivity contribution in [1.82, 2.24) is 0 Å². The van der Waals surface area contributed by atoms with Gasteiger partial charge in [-0.25, -0.2) is 0 Å². The van der Waals surface area contributed by atoms with Gasteiger partial charge in [0.2, 0.25) is 0 Å². The molecule has 0 aliphatic carbocycles. The first-order valence-electron chi connectivity index (χ1n) is 5.35. The van der Waals surface area contributed by atoms with Crippen molar-refractivity contribution in [2.24, 2.45) is 0 Å². The van der Waals surface area contributed by atoms with Crippen LogP contribution in [0.4, 0.5) is 0 Å². The molecular weight excluding hydrogens is 424 g/mol. The summed E-state index contributed by atoms with van der Waals surface area (Å²) >= 11 is 10.7. The van der Waals surface area contributed by atoms with Crippen molar-refractivity contribution >= 4 is 47.8 Å².